The molecule has 0 aliphatic heterocycles. The topological polar surface area (TPSA) is 127 Å². The minimum atomic E-state index is -0.933. The molecule has 1 atom stereocenters. The first-order chi connectivity index (χ1) is 17.5. The molecule has 4 aromatic rings. The van der Waals surface area contributed by atoms with Crippen molar-refractivity contribution >= 4 is 28.5 Å². The van der Waals surface area contributed by atoms with Crippen LogP contribution in [0.3, 0.4) is 0 Å². The third-order valence-electron chi connectivity index (χ3n) is 5.93. The van der Waals surface area contributed by atoms with E-state index in [-0.39, 0.29) is 32.8 Å². The molecule has 0 spiro atoms. The zero-order valence-corrected chi connectivity index (χ0v) is 19.8. The van der Waals surface area contributed by atoms with E-state index in [1.165, 1.54) is 5.56 Å². The number of amides is 1. The molecule has 1 amide bonds. The van der Waals surface area contributed by atoms with Crippen LogP contribution in [0.2, 0.25) is 0 Å². The molecule has 0 radical (unpaired) electrons. The summed E-state index contributed by atoms with van der Waals surface area (Å²) in [5.74, 6) is -0.243. The smallest absolute Gasteiger partial charge is 0.303 e. The third-order valence-corrected chi connectivity index (χ3v) is 5.93. The molecule has 0 bridgehead atoms. The molecule has 0 aliphatic rings. The number of nitrogens with two attached hydrogens (primary N) is 1. The van der Waals surface area contributed by atoms with Gasteiger partial charge in [0.1, 0.15) is 18.2 Å². The van der Waals surface area contributed by atoms with Crippen molar-refractivity contribution in [3.63, 3.8) is 0 Å². The quantitative estimate of drug-likeness (QED) is 0.273. The summed E-state index contributed by atoms with van der Waals surface area (Å²) in [4.78, 5) is 32.1. The fourth-order valence-corrected chi connectivity index (χ4v) is 3.88. The first kappa shape index (κ1) is 27.1. The Labute approximate surface area is 216 Å². The number of nitrogens with zero attached hydrogens (tertiary/aromatic N) is 2. The Bertz CT molecular complexity index is 1330. The molecule has 8 heteroatoms. The first-order valence-corrected chi connectivity index (χ1v) is 11.8. The fraction of sp³-hybridized carbons (Fsp3) is 0.241. The molecule has 37 heavy (non-hydrogen) atoms. The summed E-state index contributed by atoms with van der Waals surface area (Å²) in [6.07, 6.45) is 7.09. The van der Waals surface area contributed by atoms with Gasteiger partial charge in [0, 0.05) is 36.0 Å². The number of ether oxygens (including phenoxy) is 1. The van der Waals surface area contributed by atoms with Crippen LogP contribution >= 0.6 is 0 Å². The van der Waals surface area contributed by atoms with Gasteiger partial charge in [-0.05, 0) is 78.2 Å². The highest BCUT2D eigenvalue weighted by atomic mass is 16.5. The Kier molecular flexibility index (Phi) is 9.55. The molecule has 2 aromatic carbocycles. The maximum Gasteiger partial charge on any atom is 0.303 e. The van der Waals surface area contributed by atoms with Crippen LogP contribution in [-0.4, -0.2) is 39.6 Å². The highest BCUT2D eigenvalue weighted by Crippen LogP contribution is 2.24. The van der Waals surface area contributed by atoms with Gasteiger partial charge in [-0.1, -0.05) is 25.6 Å². The van der Waals surface area contributed by atoms with E-state index in [0.717, 1.165) is 29.2 Å². The Morgan fingerprint density at radius 1 is 0.946 bits per heavy atom. The maximum absolute atomic E-state index is 12.9. The number of fused-ring (bicyclic) bond motifs is 1. The number of hydrogen-bond acceptors (Lipinski definition) is 6. The van der Waals surface area contributed by atoms with Gasteiger partial charge in [-0.15, -0.1) is 0 Å². The second kappa shape index (κ2) is 13.0. The van der Waals surface area contributed by atoms with Gasteiger partial charge in [0.05, 0.1) is 6.04 Å². The summed E-state index contributed by atoms with van der Waals surface area (Å²) in [6.45, 7) is 0.120. The summed E-state index contributed by atoms with van der Waals surface area (Å²) < 4.78 is 5.90. The number of anilines is 1. The van der Waals surface area contributed by atoms with Crippen LogP contribution in [0.1, 0.15) is 41.8 Å². The molecule has 0 aliphatic carbocycles. The van der Waals surface area contributed by atoms with Crippen LogP contribution in [0.5, 0.6) is 5.75 Å². The van der Waals surface area contributed by atoms with Gasteiger partial charge in [-0.3, -0.25) is 14.6 Å². The van der Waals surface area contributed by atoms with Gasteiger partial charge in [0.2, 0.25) is 0 Å². The lowest BCUT2D eigenvalue weighted by Gasteiger charge is -2.19. The second-order valence-electron chi connectivity index (χ2n) is 8.55. The van der Waals surface area contributed by atoms with Crippen LogP contribution in [-0.2, 0) is 17.6 Å². The van der Waals surface area contributed by atoms with Crippen molar-refractivity contribution in [1.82, 2.24) is 15.3 Å². The number of rotatable bonds is 11. The van der Waals surface area contributed by atoms with Crippen molar-refractivity contribution < 1.29 is 19.4 Å². The lowest BCUT2D eigenvalue weighted by molar-refractivity contribution is -0.137. The summed E-state index contributed by atoms with van der Waals surface area (Å²) in [5, 5.41) is 13.8. The van der Waals surface area contributed by atoms with Gasteiger partial charge >= 0.3 is 5.97 Å². The van der Waals surface area contributed by atoms with Crippen molar-refractivity contribution in [2.24, 2.45) is 0 Å². The minimum absolute atomic E-state index is 0. The predicted molar refractivity (Wildman–Crippen MR) is 145 cm³/mol. The molecule has 192 valence electrons. The van der Waals surface area contributed by atoms with E-state index in [1.807, 2.05) is 42.5 Å². The molecular weight excluding hydrogens is 468 g/mol. The molecule has 0 fully saturated rings. The van der Waals surface area contributed by atoms with E-state index in [0.29, 0.717) is 17.1 Å². The number of aromatic nitrogens is 2. The summed E-state index contributed by atoms with van der Waals surface area (Å²) in [6, 6.07) is 18.3. The average molecular weight is 501 g/mol. The summed E-state index contributed by atoms with van der Waals surface area (Å²) in [7, 11) is 0. The molecule has 2 aromatic heterocycles. The van der Waals surface area contributed by atoms with Crippen molar-refractivity contribution in [2.75, 3.05) is 12.3 Å². The fourth-order valence-electron chi connectivity index (χ4n) is 3.88. The van der Waals surface area contributed by atoms with Crippen LogP contribution in [0.25, 0.3) is 10.8 Å². The number of hydrogen-bond donors (Lipinski definition) is 3. The van der Waals surface area contributed by atoms with Gasteiger partial charge < -0.3 is 20.9 Å². The van der Waals surface area contributed by atoms with Crippen LogP contribution in [0, 0.1) is 0 Å². The van der Waals surface area contributed by atoms with Gasteiger partial charge in [0.15, 0.2) is 0 Å². The van der Waals surface area contributed by atoms with E-state index in [2.05, 4.69) is 15.3 Å². The molecule has 0 unspecified atom stereocenters. The van der Waals surface area contributed by atoms with Crippen LogP contribution in [0.15, 0.2) is 79.3 Å². The molecule has 0 saturated carbocycles. The monoisotopic (exact) mass is 500 g/mol. The number of aryl methyl sites for hydroxylation is 2. The number of carboxylic acid groups (broad SMARTS) is 1. The highest BCUT2D eigenvalue weighted by Gasteiger charge is 2.17. The minimum Gasteiger partial charge on any atom is -0.491 e. The predicted octanol–water partition coefficient (Wildman–Crippen LogP) is 4.68. The van der Waals surface area contributed by atoms with Crippen molar-refractivity contribution in [2.45, 2.75) is 39.2 Å². The second-order valence-corrected chi connectivity index (χ2v) is 8.55. The zero-order valence-electron chi connectivity index (χ0n) is 19.8. The molecular formula is C29H32N4O4. The van der Waals surface area contributed by atoms with Gasteiger partial charge in [-0.25, -0.2) is 4.98 Å². The number of aliphatic carboxylic acids is 1. The van der Waals surface area contributed by atoms with Crippen LogP contribution in [0.4, 0.5) is 5.82 Å². The van der Waals surface area contributed by atoms with Crippen molar-refractivity contribution in [1.29, 1.82) is 0 Å². The van der Waals surface area contributed by atoms with Crippen molar-refractivity contribution in [3.05, 3.63) is 95.9 Å². The van der Waals surface area contributed by atoms with Crippen molar-refractivity contribution in [3.8, 4) is 5.75 Å². The summed E-state index contributed by atoms with van der Waals surface area (Å²) in [5.41, 5.74) is 8.80. The highest BCUT2D eigenvalue weighted by molar-refractivity contribution is 5.94. The standard InChI is InChI=1S/C28H28N4O4.CH4/c29-27-25-17-24(9-7-21(25)13-16-31-27)36-18-23(8-10-26(33)34)32-28(35)22-5-3-19(4-6-22)1-2-20-11-14-30-15-12-20;/h3-7,9,11-17,23H,1-2,8,10,18H2,(H2,29,31)(H,32,35)(H,33,34);1H4/t23-;/m1./s1. The number of nitrogen functional groups attached to an aromatic ring is 1. The SMILES string of the molecule is C.Nc1nccc2ccc(OC[C@@H](CCC(=O)O)NC(=O)c3ccc(CCc4ccncc4)cc3)cc12. The van der Waals surface area contributed by atoms with Gasteiger partial charge in [0.25, 0.3) is 5.91 Å². The third kappa shape index (κ3) is 7.76. The van der Waals surface area contributed by atoms with Crippen LogP contribution < -0.4 is 15.8 Å². The Balaban J connectivity index is 0.00000380. The molecule has 0 saturated heterocycles. The number of pyridine rings is 2. The number of carboxylic acids is 1. The normalized spacial score (nSPS) is 11.4. The number of carbonyl (C=O) groups is 2. The molecule has 4 N–H and O–H groups in total. The Hall–Kier alpha value is -4.46. The van der Waals surface area contributed by atoms with E-state index in [9.17, 15) is 9.59 Å². The largest absolute Gasteiger partial charge is 0.491 e. The number of nitrogens with one attached hydrogen (secondary N) is 1. The zero-order chi connectivity index (χ0) is 25.3. The average Bonchev–Trinajstić information content (AvgIpc) is 2.90. The maximum atomic E-state index is 12.9. The summed E-state index contributed by atoms with van der Waals surface area (Å²) >= 11 is 0. The Morgan fingerprint density at radius 3 is 2.35 bits per heavy atom. The van der Waals surface area contributed by atoms with Gasteiger partial charge in [-0.2, -0.15) is 0 Å². The van der Waals surface area contributed by atoms with E-state index in [4.69, 9.17) is 15.6 Å². The van der Waals surface area contributed by atoms with E-state index in [1.54, 1.807) is 36.8 Å². The lowest BCUT2D eigenvalue weighted by Crippen LogP contribution is -2.39. The lowest BCUT2D eigenvalue weighted by atomic mass is 10.0. The van der Waals surface area contributed by atoms with E-state index < -0.39 is 12.0 Å². The Morgan fingerprint density at radius 2 is 1.65 bits per heavy atom. The molecule has 8 nitrogen and oxygen atoms in total. The molecule has 4 rings (SSSR count). The number of carbonyl (C=O) groups excluding carboxylic acids is 1. The molecule has 2 heterocycles. The number of benzene rings is 2. The van der Waals surface area contributed by atoms with E-state index >= 15 is 0 Å². The first-order valence-electron chi connectivity index (χ1n) is 11.8.